The topological polar surface area (TPSA) is 50.5 Å². The van der Waals surface area contributed by atoms with Crippen LogP contribution in [0.1, 0.15) is 5.76 Å². The molecule has 2 heterocycles. The van der Waals surface area contributed by atoms with Gasteiger partial charge < -0.3 is 4.42 Å². The van der Waals surface area contributed by atoms with Crippen LogP contribution < -0.4 is 4.90 Å². The Morgan fingerprint density at radius 2 is 1.74 bits per heavy atom. The molecule has 2 amide bonds. The summed E-state index contributed by atoms with van der Waals surface area (Å²) in [5.74, 6) is -1.41. The highest BCUT2D eigenvalue weighted by Crippen LogP contribution is 2.36. The van der Waals surface area contributed by atoms with Crippen LogP contribution in [-0.2, 0) is 4.79 Å². The average molecular weight is 383 g/mol. The van der Waals surface area contributed by atoms with Crippen LogP contribution in [0.25, 0.3) is 17.4 Å². The maximum Gasteiger partial charge on any atom is 0.298 e. The SMILES string of the molecule is O=C1S/C(=C\c2ccc(-c3ccc(F)cc3F)o2)C(=O)N1c1ccccc1. The number of hydrogen-bond donors (Lipinski definition) is 0. The van der Waals surface area contributed by atoms with Crippen molar-refractivity contribution in [1.29, 1.82) is 0 Å². The Kier molecular flexibility index (Phi) is 4.37. The van der Waals surface area contributed by atoms with Crippen LogP contribution in [0.5, 0.6) is 0 Å². The summed E-state index contributed by atoms with van der Waals surface area (Å²) in [5.41, 5.74) is 0.588. The van der Waals surface area contributed by atoms with E-state index in [1.807, 2.05) is 0 Å². The number of nitrogens with zero attached hydrogens (tertiary/aromatic N) is 1. The van der Waals surface area contributed by atoms with Gasteiger partial charge in [-0.15, -0.1) is 0 Å². The molecular weight excluding hydrogens is 372 g/mol. The lowest BCUT2D eigenvalue weighted by Gasteiger charge is -2.11. The largest absolute Gasteiger partial charge is 0.457 e. The van der Waals surface area contributed by atoms with E-state index in [-0.39, 0.29) is 22.0 Å². The van der Waals surface area contributed by atoms with Crippen molar-refractivity contribution in [2.24, 2.45) is 0 Å². The molecule has 0 atom stereocenters. The van der Waals surface area contributed by atoms with E-state index in [1.165, 1.54) is 18.2 Å². The van der Waals surface area contributed by atoms with Crippen LogP contribution in [0, 0.1) is 11.6 Å². The van der Waals surface area contributed by atoms with Gasteiger partial charge in [0.05, 0.1) is 16.2 Å². The van der Waals surface area contributed by atoms with Crippen molar-refractivity contribution in [1.82, 2.24) is 0 Å². The highest BCUT2D eigenvalue weighted by molar-refractivity contribution is 8.19. The third-order valence-electron chi connectivity index (χ3n) is 3.90. The van der Waals surface area contributed by atoms with Crippen LogP contribution in [-0.4, -0.2) is 11.1 Å². The Balaban J connectivity index is 1.62. The Hall–Kier alpha value is -3.19. The van der Waals surface area contributed by atoms with Gasteiger partial charge >= 0.3 is 0 Å². The molecule has 4 rings (SSSR count). The first-order valence-electron chi connectivity index (χ1n) is 7.91. The molecule has 1 aliphatic heterocycles. The van der Waals surface area contributed by atoms with Crippen molar-refractivity contribution in [3.8, 4) is 11.3 Å². The minimum Gasteiger partial charge on any atom is -0.457 e. The number of amides is 2. The number of anilines is 1. The van der Waals surface area contributed by atoms with Gasteiger partial charge in [0.1, 0.15) is 23.2 Å². The van der Waals surface area contributed by atoms with Crippen LogP contribution in [0.15, 0.2) is 70.0 Å². The van der Waals surface area contributed by atoms with E-state index in [9.17, 15) is 18.4 Å². The first-order valence-corrected chi connectivity index (χ1v) is 8.73. The van der Waals surface area contributed by atoms with Crippen molar-refractivity contribution in [3.63, 3.8) is 0 Å². The first-order chi connectivity index (χ1) is 13.0. The molecule has 0 aliphatic carbocycles. The number of carbonyl (C=O) groups excluding carboxylic acids is 2. The lowest BCUT2D eigenvalue weighted by Crippen LogP contribution is -2.27. The number of benzene rings is 2. The number of halogens is 2. The summed E-state index contributed by atoms with van der Waals surface area (Å²) >= 11 is 0.797. The molecule has 3 aromatic rings. The lowest BCUT2D eigenvalue weighted by molar-refractivity contribution is -0.113. The molecule has 0 N–H and O–H groups in total. The van der Waals surface area contributed by atoms with Gasteiger partial charge in [-0.2, -0.15) is 0 Å². The molecule has 0 unspecified atom stereocenters. The highest BCUT2D eigenvalue weighted by Gasteiger charge is 2.36. The van der Waals surface area contributed by atoms with Gasteiger partial charge in [0.2, 0.25) is 0 Å². The zero-order valence-electron chi connectivity index (χ0n) is 13.7. The Labute approximate surface area is 157 Å². The van der Waals surface area contributed by atoms with E-state index in [2.05, 4.69) is 0 Å². The first kappa shape index (κ1) is 17.2. The maximum absolute atomic E-state index is 13.9. The third-order valence-corrected chi connectivity index (χ3v) is 4.77. The molecule has 1 aliphatic rings. The monoisotopic (exact) mass is 383 g/mol. The molecule has 27 heavy (non-hydrogen) atoms. The van der Waals surface area contributed by atoms with E-state index in [0.717, 1.165) is 28.8 Å². The molecule has 0 radical (unpaired) electrons. The zero-order valence-corrected chi connectivity index (χ0v) is 14.5. The molecule has 1 fully saturated rings. The summed E-state index contributed by atoms with van der Waals surface area (Å²) in [6, 6.07) is 14.8. The number of carbonyl (C=O) groups is 2. The number of furan rings is 1. The van der Waals surface area contributed by atoms with Gasteiger partial charge in [0.15, 0.2) is 0 Å². The van der Waals surface area contributed by atoms with E-state index >= 15 is 0 Å². The molecule has 0 spiro atoms. The standard InChI is InChI=1S/C20H11F2NO3S/c21-12-6-8-15(16(22)10-12)17-9-7-14(26-17)11-18-19(24)23(20(25)27-18)13-4-2-1-3-5-13/h1-11H/b18-11-. The van der Waals surface area contributed by atoms with Crippen LogP contribution in [0.3, 0.4) is 0 Å². The smallest absolute Gasteiger partial charge is 0.298 e. The van der Waals surface area contributed by atoms with Crippen LogP contribution in [0.2, 0.25) is 0 Å². The van der Waals surface area contributed by atoms with Gasteiger partial charge in [-0.3, -0.25) is 9.59 Å². The summed E-state index contributed by atoms with van der Waals surface area (Å²) in [7, 11) is 0. The minimum atomic E-state index is -0.750. The molecule has 7 heteroatoms. The fourth-order valence-electron chi connectivity index (χ4n) is 2.66. The normalized spacial score (nSPS) is 15.8. The second-order valence-corrected chi connectivity index (χ2v) is 6.67. The summed E-state index contributed by atoms with van der Waals surface area (Å²) < 4.78 is 32.5. The molecule has 0 saturated carbocycles. The number of thioether (sulfide) groups is 1. The van der Waals surface area contributed by atoms with Crippen molar-refractivity contribution < 1.29 is 22.8 Å². The maximum atomic E-state index is 13.9. The van der Waals surface area contributed by atoms with Gasteiger partial charge in [0, 0.05) is 12.1 Å². The second-order valence-electron chi connectivity index (χ2n) is 5.68. The predicted octanol–water partition coefficient (Wildman–Crippen LogP) is 5.47. The fourth-order valence-corrected chi connectivity index (χ4v) is 3.48. The number of hydrogen-bond acceptors (Lipinski definition) is 4. The summed E-state index contributed by atoms with van der Waals surface area (Å²) in [6.07, 6.45) is 1.43. The fraction of sp³-hybridized carbons (Fsp3) is 0. The second kappa shape index (κ2) is 6.85. The Bertz CT molecular complexity index is 1080. The van der Waals surface area contributed by atoms with Crippen molar-refractivity contribution in [2.45, 2.75) is 0 Å². The summed E-state index contributed by atoms with van der Waals surface area (Å²) in [4.78, 5) is 26.0. The van der Waals surface area contributed by atoms with Crippen molar-refractivity contribution in [2.75, 3.05) is 4.90 Å². The minimum absolute atomic E-state index is 0.105. The molecule has 134 valence electrons. The molecule has 1 aromatic heterocycles. The number of rotatable bonds is 3. The van der Waals surface area contributed by atoms with E-state index in [0.29, 0.717) is 5.69 Å². The predicted molar refractivity (Wildman–Crippen MR) is 99.0 cm³/mol. The summed E-state index contributed by atoms with van der Waals surface area (Å²) in [6.45, 7) is 0. The van der Waals surface area contributed by atoms with E-state index < -0.39 is 22.8 Å². The number of imide groups is 1. The number of para-hydroxylation sites is 1. The van der Waals surface area contributed by atoms with Gasteiger partial charge in [-0.25, -0.2) is 13.7 Å². The quantitative estimate of drug-likeness (QED) is 0.563. The molecule has 2 aromatic carbocycles. The molecule has 4 nitrogen and oxygen atoms in total. The summed E-state index contributed by atoms with van der Waals surface area (Å²) in [5, 5.41) is -0.409. The van der Waals surface area contributed by atoms with E-state index in [4.69, 9.17) is 4.42 Å². The highest BCUT2D eigenvalue weighted by atomic mass is 32.2. The van der Waals surface area contributed by atoms with Gasteiger partial charge in [-0.05, 0) is 48.2 Å². The average Bonchev–Trinajstić information content (AvgIpc) is 3.21. The molecule has 0 bridgehead atoms. The Morgan fingerprint density at radius 1 is 0.963 bits per heavy atom. The molecular formula is C20H11F2NO3S. The zero-order chi connectivity index (χ0) is 19.0. The van der Waals surface area contributed by atoms with E-state index in [1.54, 1.807) is 36.4 Å². The van der Waals surface area contributed by atoms with Gasteiger partial charge in [-0.1, -0.05) is 18.2 Å². The Morgan fingerprint density at radius 3 is 2.48 bits per heavy atom. The van der Waals surface area contributed by atoms with Crippen molar-refractivity contribution >= 4 is 34.7 Å². The molecule has 1 saturated heterocycles. The van der Waals surface area contributed by atoms with Crippen molar-refractivity contribution in [3.05, 3.63) is 83.0 Å². The van der Waals surface area contributed by atoms with Crippen LogP contribution in [0.4, 0.5) is 19.3 Å². The third kappa shape index (κ3) is 3.29. The van der Waals surface area contributed by atoms with Crippen LogP contribution >= 0.6 is 11.8 Å². The lowest BCUT2D eigenvalue weighted by atomic mass is 10.1. The van der Waals surface area contributed by atoms with Gasteiger partial charge in [0.25, 0.3) is 11.1 Å².